The van der Waals surface area contributed by atoms with E-state index in [1.54, 1.807) is 23.0 Å². The third-order valence-corrected chi connectivity index (χ3v) is 1.77. The van der Waals surface area contributed by atoms with Crippen molar-refractivity contribution >= 4 is 5.78 Å². The van der Waals surface area contributed by atoms with Crippen LogP contribution in [0.4, 0.5) is 0 Å². The largest absolute Gasteiger partial charge is 0.288 e. The maximum atomic E-state index is 11.5. The molecule has 1 rings (SSSR count). The first-order valence-corrected chi connectivity index (χ1v) is 4.52. The second-order valence-electron chi connectivity index (χ2n) is 2.71. The lowest BCUT2D eigenvalue weighted by atomic mass is 10.2. The Labute approximate surface area is 78.1 Å². The third-order valence-electron chi connectivity index (χ3n) is 1.77. The fourth-order valence-corrected chi connectivity index (χ4v) is 1.10. The maximum absolute atomic E-state index is 11.5. The van der Waals surface area contributed by atoms with Crippen molar-refractivity contribution in [3.63, 3.8) is 0 Å². The van der Waals surface area contributed by atoms with Crippen molar-refractivity contribution in [1.82, 2.24) is 9.78 Å². The molecule has 1 heterocycles. The molecule has 0 amide bonds. The monoisotopic (exact) mass is 178 g/mol. The zero-order valence-electron chi connectivity index (χ0n) is 8.03. The molecule has 0 radical (unpaired) electrons. The molecule has 70 valence electrons. The van der Waals surface area contributed by atoms with Gasteiger partial charge in [0, 0.05) is 12.7 Å². The number of rotatable bonds is 4. The van der Waals surface area contributed by atoms with Gasteiger partial charge in [-0.2, -0.15) is 5.10 Å². The van der Waals surface area contributed by atoms with Crippen molar-refractivity contribution < 1.29 is 4.79 Å². The Balaban J connectivity index is 2.82. The van der Waals surface area contributed by atoms with Crippen LogP contribution < -0.4 is 0 Å². The van der Waals surface area contributed by atoms with Crippen molar-refractivity contribution in [3.8, 4) is 0 Å². The summed E-state index contributed by atoms with van der Waals surface area (Å²) in [6.45, 7) is 4.70. The van der Waals surface area contributed by atoms with Crippen LogP contribution in [0.5, 0.6) is 0 Å². The number of carbonyl (C=O) groups excluding carboxylic acids is 1. The van der Waals surface area contributed by atoms with E-state index in [4.69, 9.17) is 0 Å². The van der Waals surface area contributed by atoms with Gasteiger partial charge in [-0.25, -0.2) is 0 Å². The summed E-state index contributed by atoms with van der Waals surface area (Å²) in [5.74, 6) is 0.0289. The average molecular weight is 178 g/mol. The summed E-state index contributed by atoms with van der Waals surface area (Å²) in [6.07, 6.45) is 5.99. The number of ketones is 1. The van der Waals surface area contributed by atoms with Crippen LogP contribution >= 0.6 is 0 Å². The van der Waals surface area contributed by atoms with Gasteiger partial charge in [-0.05, 0) is 25.5 Å². The van der Waals surface area contributed by atoms with Crippen molar-refractivity contribution in [1.29, 1.82) is 0 Å². The van der Waals surface area contributed by atoms with E-state index in [0.717, 1.165) is 13.0 Å². The van der Waals surface area contributed by atoms with Crippen molar-refractivity contribution in [2.24, 2.45) is 0 Å². The fourth-order valence-electron chi connectivity index (χ4n) is 1.10. The summed E-state index contributed by atoms with van der Waals surface area (Å²) >= 11 is 0. The molecule has 3 nitrogen and oxygen atoms in total. The fraction of sp³-hybridized carbons (Fsp3) is 0.400. The molecule has 0 N–H and O–H groups in total. The van der Waals surface area contributed by atoms with Crippen LogP contribution in [-0.2, 0) is 6.54 Å². The Morgan fingerprint density at radius 3 is 3.00 bits per heavy atom. The van der Waals surface area contributed by atoms with Gasteiger partial charge in [-0.3, -0.25) is 9.48 Å². The van der Waals surface area contributed by atoms with Crippen LogP contribution in [0, 0.1) is 0 Å². The van der Waals surface area contributed by atoms with Crippen LogP contribution in [0.25, 0.3) is 0 Å². The smallest absolute Gasteiger partial charge is 0.203 e. The maximum Gasteiger partial charge on any atom is 0.203 e. The highest BCUT2D eigenvalue weighted by Crippen LogP contribution is 2.01. The predicted octanol–water partition coefficient (Wildman–Crippen LogP) is 2.05. The summed E-state index contributed by atoms with van der Waals surface area (Å²) in [5.41, 5.74) is 0.659. The minimum absolute atomic E-state index is 0.0289. The highest BCUT2D eigenvalue weighted by atomic mass is 16.1. The Morgan fingerprint density at radius 1 is 1.62 bits per heavy atom. The molecule has 0 fully saturated rings. The zero-order chi connectivity index (χ0) is 9.68. The standard InChI is InChI=1S/C10H14N2O/c1-3-5-6-10(13)9-7-8-11-12(9)4-2/h5-8H,3-4H2,1-2H3/b6-5+. The van der Waals surface area contributed by atoms with E-state index in [1.807, 2.05) is 19.9 Å². The van der Waals surface area contributed by atoms with Crippen LogP contribution in [0.1, 0.15) is 30.8 Å². The Hall–Kier alpha value is -1.38. The lowest BCUT2D eigenvalue weighted by molar-refractivity contribution is 0.103. The number of nitrogens with zero attached hydrogens (tertiary/aromatic N) is 2. The van der Waals surface area contributed by atoms with E-state index >= 15 is 0 Å². The molecule has 1 aromatic heterocycles. The minimum Gasteiger partial charge on any atom is -0.288 e. The summed E-state index contributed by atoms with van der Waals surface area (Å²) < 4.78 is 1.70. The summed E-state index contributed by atoms with van der Waals surface area (Å²) in [5, 5.41) is 4.03. The minimum atomic E-state index is 0.0289. The van der Waals surface area contributed by atoms with Crippen molar-refractivity contribution in [3.05, 3.63) is 30.1 Å². The highest BCUT2D eigenvalue weighted by Gasteiger charge is 2.06. The van der Waals surface area contributed by atoms with Gasteiger partial charge in [-0.1, -0.05) is 13.0 Å². The van der Waals surface area contributed by atoms with E-state index in [0.29, 0.717) is 5.69 Å². The van der Waals surface area contributed by atoms with Gasteiger partial charge >= 0.3 is 0 Å². The zero-order valence-corrected chi connectivity index (χ0v) is 8.03. The van der Waals surface area contributed by atoms with Crippen LogP contribution in [0.3, 0.4) is 0 Å². The Bertz CT molecular complexity index is 312. The van der Waals surface area contributed by atoms with Crippen LogP contribution in [-0.4, -0.2) is 15.6 Å². The first kappa shape index (κ1) is 9.71. The molecular weight excluding hydrogens is 164 g/mol. The highest BCUT2D eigenvalue weighted by molar-refractivity contribution is 6.03. The number of aromatic nitrogens is 2. The second kappa shape index (κ2) is 4.60. The predicted molar refractivity (Wildman–Crippen MR) is 51.7 cm³/mol. The molecule has 0 atom stereocenters. The molecule has 0 saturated carbocycles. The van der Waals surface area contributed by atoms with E-state index in [-0.39, 0.29) is 5.78 Å². The van der Waals surface area contributed by atoms with Gasteiger partial charge in [0.2, 0.25) is 5.78 Å². The summed E-state index contributed by atoms with van der Waals surface area (Å²) in [6, 6.07) is 1.74. The number of allylic oxidation sites excluding steroid dienone is 2. The summed E-state index contributed by atoms with van der Waals surface area (Å²) in [4.78, 5) is 11.5. The van der Waals surface area contributed by atoms with Gasteiger partial charge in [-0.15, -0.1) is 0 Å². The third kappa shape index (κ3) is 2.28. The Kier molecular flexibility index (Phi) is 3.43. The molecule has 1 aromatic rings. The molecule has 0 aliphatic rings. The van der Waals surface area contributed by atoms with E-state index in [1.165, 1.54) is 0 Å². The quantitative estimate of drug-likeness (QED) is 0.522. The topological polar surface area (TPSA) is 34.9 Å². The molecule has 0 aliphatic heterocycles. The first-order valence-electron chi connectivity index (χ1n) is 4.52. The number of hydrogen-bond acceptors (Lipinski definition) is 2. The van der Waals surface area contributed by atoms with Gasteiger partial charge in [0.25, 0.3) is 0 Å². The SMILES string of the molecule is CC/C=C/C(=O)c1ccnn1CC. The normalized spacial score (nSPS) is 10.9. The molecule has 13 heavy (non-hydrogen) atoms. The van der Waals surface area contributed by atoms with E-state index < -0.39 is 0 Å². The average Bonchev–Trinajstić information content (AvgIpc) is 2.61. The van der Waals surface area contributed by atoms with Crippen molar-refractivity contribution in [2.75, 3.05) is 0 Å². The van der Waals surface area contributed by atoms with E-state index in [9.17, 15) is 4.79 Å². The molecule has 3 heteroatoms. The molecule has 0 aromatic carbocycles. The first-order chi connectivity index (χ1) is 6.29. The molecule has 0 saturated heterocycles. The molecule has 0 unspecified atom stereocenters. The van der Waals surface area contributed by atoms with E-state index in [2.05, 4.69) is 5.10 Å². The van der Waals surface area contributed by atoms with Gasteiger partial charge in [0.15, 0.2) is 0 Å². The second-order valence-corrected chi connectivity index (χ2v) is 2.71. The lowest BCUT2D eigenvalue weighted by Gasteiger charge is -1.99. The molecule has 0 aliphatic carbocycles. The molecule has 0 bridgehead atoms. The van der Waals surface area contributed by atoms with Gasteiger partial charge < -0.3 is 0 Å². The van der Waals surface area contributed by atoms with Gasteiger partial charge in [0.05, 0.1) is 0 Å². The van der Waals surface area contributed by atoms with Crippen LogP contribution in [0.15, 0.2) is 24.4 Å². The molecule has 0 spiro atoms. The Morgan fingerprint density at radius 2 is 2.38 bits per heavy atom. The van der Waals surface area contributed by atoms with Crippen LogP contribution in [0.2, 0.25) is 0 Å². The molecular formula is C10H14N2O. The number of aryl methyl sites for hydroxylation is 1. The number of carbonyl (C=O) groups is 1. The van der Waals surface area contributed by atoms with Crippen molar-refractivity contribution in [2.45, 2.75) is 26.8 Å². The van der Waals surface area contributed by atoms with Gasteiger partial charge in [0.1, 0.15) is 5.69 Å². The number of hydrogen-bond donors (Lipinski definition) is 0. The lowest BCUT2D eigenvalue weighted by Crippen LogP contribution is -2.07. The summed E-state index contributed by atoms with van der Waals surface area (Å²) in [7, 11) is 0.